The molecular formula is C19H28Cl3N3OS. The molecule has 1 saturated heterocycles. The first-order valence-corrected chi connectivity index (χ1v) is 9.62. The van der Waals surface area contributed by atoms with Crippen LogP contribution < -0.4 is 0 Å². The maximum Gasteiger partial charge on any atom is 0.0594 e. The van der Waals surface area contributed by atoms with Crippen LogP contribution in [0.5, 0.6) is 0 Å². The van der Waals surface area contributed by atoms with E-state index in [-0.39, 0.29) is 37.2 Å². The number of nitrogens with zero attached hydrogens (tertiary/aromatic N) is 3. The summed E-state index contributed by atoms with van der Waals surface area (Å²) in [6.45, 7) is 10.2. The van der Waals surface area contributed by atoms with E-state index >= 15 is 0 Å². The normalized spacial score (nSPS) is 17.2. The fraction of sp³-hybridized carbons (Fsp3) is 0.526. The summed E-state index contributed by atoms with van der Waals surface area (Å²) in [5.74, 6) is 0. The highest BCUT2D eigenvalue weighted by Crippen LogP contribution is 2.25. The van der Waals surface area contributed by atoms with Gasteiger partial charge >= 0.3 is 0 Å². The molecule has 2 aromatic rings. The van der Waals surface area contributed by atoms with Crippen molar-refractivity contribution in [2.45, 2.75) is 33.0 Å². The van der Waals surface area contributed by atoms with Crippen LogP contribution >= 0.6 is 48.6 Å². The minimum Gasteiger partial charge on any atom is -0.379 e. The van der Waals surface area contributed by atoms with Gasteiger partial charge in [-0.1, -0.05) is 0 Å². The van der Waals surface area contributed by atoms with Gasteiger partial charge in [0.05, 0.1) is 13.2 Å². The molecule has 0 atom stereocenters. The largest absolute Gasteiger partial charge is 0.379 e. The van der Waals surface area contributed by atoms with Gasteiger partial charge in [-0.25, -0.2) is 0 Å². The van der Waals surface area contributed by atoms with Gasteiger partial charge in [0, 0.05) is 61.4 Å². The van der Waals surface area contributed by atoms with Crippen molar-refractivity contribution in [2.24, 2.45) is 0 Å². The second-order valence-electron chi connectivity index (χ2n) is 6.80. The first kappa shape index (κ1) is 24.6. The van der Waals surface area contributed by atoms with Crippen LogP contribution in [0, 0.1) is 6.92 Å². The van der Waals surface area contributed by atoms with Crippen LogP contribution in [0.1, 0.15) is 26.4 Å². The Morgan fingerprint density at radius 2 is 1.78 bits per heavy atom. The third-order valence-corrected chi connectivity index (χ3v) is 5.97. The van der Waals surface area contributed by atoms with Gasteiger partial charge in [0.25, 0.3) is 0 Å². The maximum atomic E-state index is 5.46. The van der Waals surface area contributed by atoms with Gasteiger partial charge in [0.15, 0.2) is 0 Å². The number of aromatic nitrogens is 1. The maximum absolute atomic E-state index is 5.46. The van der Waals surface area contributed by atoms with Crippen molar-refractivity contribution in [3.63, 3.8) is 0 Å². The van der Waals surface area contributed by atoms with Crippen LogP contribution in [-0.2, 0) is 30.8 Å². The molecular weight excluding hydrogens is 425 g/mol. The van der Waals surface area contributed by atoms with Crippen molar-refractivity contribution in [3.8, 4) is 0 Å². The van der Waals surface area contributed by atoms with Crippen LogP contribution in [0.2, 0.25) is 0 Å². The van der Waals surface area contributed by atoms with Crippen molar-refractivity contribution in [1.82, 2.24) is 14.8 Å². The molecule has 152 valence electrons. The molecule has 0 radical (unpaired) electrons. The Morgan fingerprint density at radius 1 is 1.00 bits per heavy atom. The highest BCUT2D eigenvalue weighted by molar-refractivity contribution is 7.11. The van der Waals surface area contributed by atoms with E-state index in [1.165, 1.54) is 26.4 Å². The van der Waals surface area contributed by atoms with Crippen molar-refractivity contribution in [2.75, 3.05) is 32.8 Å². The number of aryl methyl sites for hydroxylation is 1. The van der Waals surface area contributed by atoms with Gasteiger partial charge < -0.3 is 4.74 Å². The molecule has 0 amide bonds. The fourth-order valence-electron chi connectivity index (χ4n) is 3.69. The summed E-state index contributed by atoms with van der Waals surface area (Å²) >= 11 is 1.91. The topological polar surface area (TPSA) is 28.6 Å². The summed E-state index contributed by atoms with van der Waals surface area (Å²) < 4.78 is 5.46. The van der Waals surface area contributed by atoms with Gasteiger partial charge in [-0.2, -0.15) is 0 Å². The number of hydrogen-bond donors (Lipinski definition) is 0. The van der Waals surface area contributed by atoms with Crippen molar-refractivity contribution < 1.29 is 4.74 Å². The zero-order valence-corrected chi connectivity index (χ0v) is 18.8. The molecule has 4 nitrogen and oxygen atoms in total. The molecule has 0 unspecified atom stereocenters. The lowest BCUT2D eigenvalue weighted by Gasteiger charge is -2.31. The Labute approximate surface area is 184 Å². The second-order valence-corrected chi connectivity index (χ2v) is 8.17. The van der Waals surface area contributed by atoms with E-state index in [1.807, 2.05) is 11.3 Å². The van der Waals surface area contributed by atoms with Gasteiger partial charge in [-0.3, -0.25) is 14.8 Å². The number of hydrogen-bond acceptors (Lipinski definition) is 5. The number of rotatable bonds is 4. The molecule has 2 aliphatic rings. The Balaban J connectivity index is 0.00000121. The smallest absolute Gasteiger partial charge is 0.0594 e. The molecule has 27 heavy (non-hydrogen) atoms. The lowest BCUT2D eigenvalue weighted by molar-refractivity contribution is 0.0339. The third kappa shape index (κ3) is 6.29. The predicted octanol–water partition coefficient (Wildman–Crippen LogP) is 4.11. The van der Waals surface area contributed by atoms with Crippen LogP contribution in [0.4, 0.5) is 0 Å². The molecule has 0 N–H and O–H groups in total. The van der Waals surface area contributed by atoms with E-state index in [0.29, 0.717) is 0 Å². The third-order valence-electron chi connectivity index (χ3n) is 4.98. The molecule has 0 saturated carbocycles. The summed E-state index contributed by atoms with van der Waals surface area (Å²) in [4.78, 5) is 12.4. The minimum atomic E-state index is 0. The summed E-state index contributed by atoms with van der Waals surface area (Å²) in [5.41, 5.74) is 4.37. The predicted molar refractivity (Wildman–Crippen MR) is 119 cm³/mol. The van der Waals surface area contributed by atoms with E-state index in [4.69, 9.17) is 4.74 Å². The Hall–Kier alpha value is -0.400. The number of halogens is 3. The van der Waals surface area contributed by atoms with Crippen molar-refractivity contribution in [3.05, 3.63) is 51.0 Å². The summed E-state index contributed by atoms with van der Waals surface area (Å²) in [6.07, 6.45) is 5.29. The Bertz CT molecular complexity index is 707. The number of pyridine rings is 1. The highest BCUT2D eigenvalue weighted by atomic mass is 35.5. The zero-order chi connectivity index (χ0) is 16.4. The second kappa shape index (κ2) is 11.6. The molecule has 0 bridgehead atoms. The number of fused-ring (bicyclic) bond motifs is 1. The Kier molecular flexibility index (Phi) is 10.6. The molecule has 8 heteroatoms. The van der Waals surface area contributed by atoms with Gasteiger partial charge in [0.1, 0.15) is 0 Å². The first-order valence-electron chi connectivity index (χ1n) is 8.80. The average molecular weight is 453 g/mol. The van der Waals surface area contributed by atoms with Crippen molar-refractivity contribution in [1.29, 1.82) is 0 Å². The fourth-order valence-corrected chi connectivity index (χ4v) is 4.62. The Morgan fingerprint density at radius 3 is 2.48 bits per heavy atom. The van der Waals surface area contributed by atoms with E-state index in [0.717, 1.165) is 58.9 Å². The molecule has 2 aromatic heterocycles. The van der Waals surface area contributed by atoms with Crippen molar-refractivity contribution >= 4 is 48.6 Å². The first-order chi connectivity index (χ1) is 11.8. The van der Waals surface area contributed by atoms with Gasteiger partial charge in [0.2, 0.25) is 0 Å². The molecule has 2 aliphatic heterocycles. The molecule has 0 spiro atoms. The quantitative estimate of drug-likeness (QED) is 0.698. The molecule has 0 aromatic carbocycles. The van der Waals surface area contributed by atoms with Crippen LogP contribution in [0.3, 0.4) is 0 Å². The lowest BCUT2D eigenvalue weighted by Crippen LogP contribution is -2.36. The molecule has 1 fully saturated rings. The number of ether oxygens (including phenoxy) is 1. The zero-order valence-electron chi connectivity index (χ0n) is 15.6. The van der Waals surface area contributed by atoms with E-state index in [1.54, 1.807) is 0 Å². The average Bonchev–Trinajstić information content (AvgIpc) is 3.01. The minimum absolute atomic E-state index is 0. The summed E-state index contributed by atoms with van der Waals surface area (Å²) in [6, 6.07) is 4.49. The molecule has 4 heterocycles. The van der Waals surface area contributed by atoms with Gasteiger partial charge in [-0.05, 0) is 42.2 Å². The number of morpholine rings is 1. The summed E-state index contributed by atoms with van der Waals surface area (Å²) in [7, 11) is 0. The summed E-state index contributed by atoms with van der Waals surface area (Å²) in [5, 5.41) is 0. The van der Waals surface area contributed by atoms with Crippen LogP contribution in [-0.4, -0.2) is 47.6 Å². The van der Waals surface area contributed by atoms with Crippen LogP contribution in [0.25, 0.3) is 0 Å². The standard InChI is InChI=1S/C19H25N3OS.3ClH/c1-15-2-3-18(24-15)14-22-5-4-19-16(10-20-11-17(19)13-22)12-21-6-8-23-9-7-21;;;/h2-3,10-11H,4-9,12-14H2,1H3;3*1H. The highest BCUT2D eigenvalue weighted by Gasteiger charge is 2.21. The number of thiophene rings is 1. The lowest BCUT2D eigenvalue weighted by atomic mass is 9.96. The van der Waals surface area contributed by atoms with Gasteiger partial charge in [-0.15, -0.1) is 48.6 Å². The van der Waals surface area contributed by atoms with E-state index in [9.17, 15) is 0 Å². The monoisotopic (exact) mass is 451 g/mol. The SMILES string of the molecule is Cc1ccc(CN2CCc3c(CN4CCOCC4)cncc3C2)s1.Cl.Cl.Cl. The van der Waals surface area contributed by atoms with E-state index in [2.05, 4.69) is 46.2 Å². The van der Waals surface area contributed by atoms with Crippen LogP contribution in [0.15, 0.2) is 24.5 Å². The molecule has 0 aliphatic carbocycles. The van der Waals surface area contributed by atoms with E-state index < -0.39 is 0 Å². The molecule has 4 rings (SSSR count).